The minimum Gasteiger partial charge on any atom is -0.444 e. The first-order chi connectivity index (χ1) is 9.61. The van der Waals surface area contributed by atoms with Crippen molar-refractivity contribution in [2.75, 3.05) is 0 Å². The van der Waals surface area contributed by atoms with Gasteiger partial charge in [0.1, 0.15) is 12.9 Å². The zero-order chi connectivity index (χ0) is 14.4. The molecule has 104 valence electrons. The molecule has 4 nitrogen and oxygen atoms in total. The predicted molar refractivity (Wildman–Crippen MR) is 75.8 cm³/mol. The zero-order valence-corrected chi connectivity index (χ0v) is 11.3. The molecule has 1 amide bonds. The molecule has 0 heterocycles. The van der Waals surface area contributed by atoms with Crippen molar-refractivity contribution in [2.45, 2.75) is 20.0 Å². The van der Waals surface area contributed by atoms with E-state index in [2.05, 4.69) is 5.32 Å². The number of hydrogen-bond acceptors (Lipinski definition) is 3. The van der Waals surface area contributed by atoms with Crippen molar-refractivity contribution in [2.24, 2.45) is 5.41 Å². The molecule has 1 aliphatic rings. The van der Waals surface area contributed by atoms with Crippen LogP contribution in [0.4, 0.5) is 4.79 Å². The number of carbonyl (C=O) groups is 2. The van der Waals surface area contributed by atoms with Crippen molar-refractivity contribution in [1.82, 2.24) is 5.32 Å². The second-order valence-corrected chi connectivity index (χ2v) is 5.02. The summed E-state index contributed by atoms with van der Waals surface area (Å²) in [5.74, 6) is 0. The molecule has 0 bridgehead atoms. The van der Waals surface area contributed by atoms with E-state index in [1.165, 1.54) is 0 Å². The third-order valence-corrected chi connectivity index (χ3v) is 3.07. The molecule has 0 radical (unpaired) electrons. The number of carbonyl (C=O) groups excluding carboxylic acids is 2. The molecule has 0 saturated heterocycles. The van der Waals surface area contributed by atoms with Gasteiger partial charge < -0.3 is 9.53 Å². The van der Waals surface area contributed by atoms with E-state index < -0.39 is 11.5 Å². The summed E-state index contributed by atoms with van der Waals surface area (Å²) >= 11 is 0. The second kappa shape index (κ2) is 6.19. The van der Waals surface area contributed by atoms with E-state index in [1.807, 2.05) is 43.3 Å². The number of rotatable bonds is 4. The van der Waals surface area contributed by atoms with Gasteiger partial charge in [0, 0.05) is 11.1 Å². The third kappa shape index (κ3) is 3.82. The van der Waals surface area contributed by atoms with E-state index in [0.29, 0.717) is 12.1 Å². The van der Waals surface area contributed by atoms with Crippen molar-refractivity contribution >= 4 is 12.4 Å². The van der Waals surface area contributed by atoms with E-state index in [9.17, 15) is 9.59 Å². The Bertz CT molecular complexity index is 548. The SMILES string of the molecule is CC1(C=O)C=C(NC(=O)OCc2ccccc2)C=CC1. The normalized spacial score (nSPS) is 20.9. The first kappa shape index (κ1) is 14.1. The van der Waals surface area contributed by atoms with Crippen LogP contribution in [0.15, 0.2) is 54.3 Å². The van der Waals surface area contributed by atoms with Crippen LogP contribution < -0.4 is 5.32 Å². The summed E-state index contributed by atoms with van der Waals surface area (Å²) in [6.07, 6.45) is 6.37. The van der Waals surface area contributed by atoms with E-state index in [-0.39, 0.29) is 6.61 Å². The molecule has 1 aliphatic carbocycles. The number of benzene rings is 1. The van der Waals surface area contributed by atoms with Gasteiger partial charge in [-0.3, -0.25) is 5.32 Å². The quantitative estimate of drug-likeness (QED) is 0.856. The highest BCUT2D eigenvalue weighted by Gasteiger charge is 2.23. The van der Waals surface area contributed by atoms with Gasteiger partial charge in [0.15, 0.2) is 0 Å². The molecule has 1 unspecified atom stereocenters. The van der Waals surface area contributed by atoms with Crippen LogP contribution in [0.2, 0.25) is 0 Å². The maximum atomic E-state index is 11.7. The van der Waals surface area contributed by atoms with Gasteiger partial charge in [-0.25, -0.2) is 4.79 Å². The van der Waals surface area contributed by atoms with E-state index in [1.54, 1.807) is 12.2 Å². The van der Waals surface area contributed by atoms with Gasteiger partial charge in [0.05, 0.1) is 0 Å². The van der Waals surface area contributed by atoms with Crippen LogP contribution in [-0.2, 0) is 16.1 Å². The lowest BCUT2D eigenvalue weighted by atomic mass is 9.84. The first-order valence-corrected chi connectivity index (χ1v) is 6.45. The van der Waals surface area contributed by atoms with Crippen molar-refractivity contribution < 1.29 is 14.3 Å². The Labute approximate surface area is 118 Å². The summed E-state index contributed by atoms with van der Waals surface area (Å²) in [7, 11) is 0. The molecule has 1 N–H and O–H groups in total. The van der Waals surface area contributed by atoms with Gasteiger partial charge in [-0.1, -0.05) is 36.4 Å². The van der Waals surface area contributed by atoms with Gasteiger partial charge in [0.25, 0.3) is 0 Å². The summed E-state index contributed by atoms with van der Waals surface area (Å²) in [4.78, 5) is 22.7. The first-order valence-electron chi connectivity index (χ1n) is 6.45. The smallest absolute Gasteiger partial charge is 0.411 e. The Morgan fingerprint density at radius 3 is 2.85 bits per heavy atom. The Morgan fingerprint density at radius 1 is 1.40 bits per heavy atom. The lowest BCUT2D eigenvalue weighted by molar-refractivity contribution is -0.113. The van der Waals surface area contributed by atoms with Crippen molar-refractivity contribution in [3.8, 4) is 0 Å². The molecular formula is C16H17NO3. The lowest BCUT2D eigenvalue weighted by Crippen LogP contribution is -2.27. The van der Waals surface area contributed by atoms with Gasteiger partial charge in [-0.2, -0.15) is 0 Å². The summed E-state index contributed by atoms with van der Waals surface area (Å²) in [6, 6.07) is 9.45. The molecule has 2 rings (SSSR count). The van der Waals surface area contributed by atoms with Gasteiger partial charge in [-0.15, -0.1) is 0 Å². The summed E-state index contributed by atoms with van der Waals surface area (Å²) in [6.45, 7) is 2.04. The van der Waals surface area contributed by atoms with Crippen LogP contribution in [0.5, 0.6) is 0 Å². The maximum Gasteiger partial charge on any atom is 0.411 e. The predicted octanol–water partition coefficient (Wildman–Crippen LogP) is 2.96. The number of ether oxygens (including phenoxy) is 1. The number of allylic oxidation sites excluding steroid dienone is 3. The summed E-state index contributed by atoms with van der Waals surface area (Å²) in [5, 5.41) is 2.63. The lowest BCUT2D eigenvalue weighted by Gasteiger charge is -2.21. The summed E-state index contributed by atoms with van der Waals surface area (Å²) in [5.41, 5.74) is 0.953. The highest BCUT2D eigenvalue weighted by molar-refractivity contribution is 5.72. The number of nitrogens with one attached hydrogen (secondary N) is 1. The minimum absolute atomic E-state index is 0.217. The molecule has 0 saturated carbocycles. The highest BCUT2D eigenvalue weighted by Crippen LogP contribution is 2.26. The van der Waals surface area contributed by atoms with Crippen LogP contribution in [0.25, 0.3) is 0 Å². The molecular weight excluding hydrogens is 254 g/mol. The van der Waals surface area contributed by atoms with E-state index in [4.69, 9.17) is 4.74 Å². The Morgan fingerprint density at radius 2 is 2.15 bits per heavy atom. The number of alkyl carbamates (subject to hydrolysis) is 1. The molecule has 0 aliphatic heterocycles. The maximum absolute atomic E-state index is 11.7. The van der Waals surface area contributed by atoms with Crippen LogP contribution in [0.1, 0.15) is 18.9 Å². The minimum atomic E-state index is -0.559. The standard InChI is InChI=1S/C16H17NO3/c1-16(12-18)9-5-8-14(10-16)17-15(19)20-11-13-6-3-2-4-7-13/h2-8,10,12H,9,11H2,1H3,(H,17,19). The third-order valence-electron chi connectivity index (χ3n) is 3.07. The molecule has 4 heteroatoms. The summed E-state index contributed by atoms with van der Waals surface area (Å²) < 4.78 is 5.12. The fourth-order valence-corrected chi connectivity index (χ4v) is 1.94. The Hall–Kier alpha value is -2.36. The van der Waals surface area contributed by atoms with Crippen LogP contribution in [-0.4, -0.2) is 12.4 Å². The number of amides is 1. The van der Waals surface area contributed by atoms with Crippen molar-refractivity contribution in [3.63, 3.8) is 0 Å². The van der Waals surface area contributed by atoms with Gasteiger partial charge >= 0.3 is 6.09 Å². The highest BCUT2D eigenvalue weighted by atomic mass is 16.5. The molecule has 0 spiro atoms. The fraction of sp³-hybridized carbons (Fsp3) is 0.250. The second-order valence-electron chi connectivity index (χ2n) is 5.02. The van der Waals surface area contributed by atoms with Crippen LogP contribution in [0, 0.1) is 5.41 Å². The van der Waals surface area contributed by atoms with E-state index in [0.717, 1.165) is 11.8 Å². The van der Waals surface area contributed by atoms with Gasteiger partial charge in [0.2, 0.25) is 0 Å². The van der Waals surface area contributed by atoms with Crippen LogP contribution >= 0.6 is 0 Å². The average molecular weight is 271 g/mol. The fourth-order valence-electron chi connectivity index (χ4n) is 1.94. The number of aldehydes is 1. The molecule has 1 aromatic carbocycles. The van der Waals surface area contributed by atoms with Crippen LogP contribution in [0.3, 0.4) is 0 Å². The zero-order valence-electron chi connectivity index (χ0n) is 11.3. The molecule has 0 fully saturated rings. The van der Waals surface area contributed by atoms with Gasteiger partial charge in [-0.05, 0) is 31.1 Å². The van der Waals surface area contributed by atoms with E-state index >= 15 is 0 Å². The van der Waals surface area contributed by atoms with Crippen molar-refractivity contribution in [1.29, 1.82) is 0 Å². The molecule has 20 heavy (non-hydrogen) atoms. The molecule has 0 aromatic heterocycles. The van der Waals surface area contributed by atoms with Crippen molar-refractivity contribution in [3.05, 3.63) is 59.8 Å². The molecule has 1 atom stereocenters. The topological polar surface area (TPSA) is 55.4 Å². The largest absolute Gasteiger partial charge is 0.444 e. The number of hydrogen-bond donors (Lipinski definition) is 1. The average Bonchev–Trinajstić information content (AvgIpc) is 2.46. The molecule has 1 aromatic rings. The monoisotopic (exact) mass is 271 g/mol. The Balaban J connectivity index is 1.89. The Kier molecular flexibility index (Phi) is 4.35.